The number of benzene rings is 2. The number of para-hydroxylation sites is 1. The third kappa shape index (κ3) is 1.99. The molecule has 0 spiro atoms. The second-order valence-electron chi connectivity index (χ2n) is 4.85. The van der Waals surface area contributed by atoms with Crippen LogP contribution in [0.4, 0.5) is 5.69 Å². The van der Waals surface area contributed by atoms with Gasteiger partial charge in [-0.25, -0.2) is 0 Å². The molecule has 0 aromatic heterocycles. The van der Waals surface area contributed by atoms with Gasteiger partial charge in [0.25, 0.3) is 5.91 Å². The monoisotopic (exact) mass is 268 g/mol. The van der Waals surface area contributed by atoms with Crippen LogP contribution < -0.4 is 10.5 Å². The maximum Gasteiger partial charge on any atom is 0.256 e. The topological polar surface area (TPSA) is 55.6 Å². The third-order valence-electron chi connectivity index (χ3n) is 3.64. The van der Waals surface area contributed by atoms with E-state index in [9.17, 15) is 4.79 Å². The lowest BCUT2D eigenvalue weighted by atomic mass is 10.1. The predicted molar refractivity (Wildman–Crippen MR) is 77.4 cm³/mol. The fourth-order valence-corrected chi connectivity index (χ4v) is 2.56. The molecule has 0 saturated heterocycles. The van der Waals surface area contributed by atoms with E-state index in [0.717, 1.165) is 0 Å². The van der Waals surface area contributed by atoms with Gasteiger partial charge in [0.15, 0.2) is 0 Å². The number of ether oxygens (including phenoxy) is 1. The highest BCUT2D eigenvalue weighted by molar-refractivity contribution is 6.00. The second-order valence-corrected chi connectivity index (χ2v) is 4.85. The number of carbonyl (C=O) groups is 1. The van der Waals surface area contributed by atoms with Gasteiger partial charge in [0.05, 0.1) is 18.4 Å². The number of nitrogens with two attached hydrogens (primary N) is 1. The van der Waals surface area contributed by atoms with Gasteiger partial charge in [-0.05, 0) is 23.3 Å². The molecule has 20 heavy (non-hydrogen) atoms. The van der Waals surface area contributed by atoms with Gasteiger partial charge in [-0.1, -0.05) is 30.3 Å². The van der Waals surface area contributed by atoms with E-state index in [1.807, 2.05) is 12.1 Å². The van der Waals surface area contributed by atoms with E-state index in [4.69, 9.17) is 10.5 Å². The van der Waals surface area contributed by atoms with Gasteiger partial charge in [0.2, 0.25) is 0 Å². The summed E-state index contributed by atoms with van der Waals surface area (Å²) in [6, 6.07) is 13.4. The Labute approximate surface area is 117 Å². The van der Waals surface area contributed by atoms with Gasteiger partial charge >= 0.3 is 0 Å². The van der Waals surface area contributed by atoms with E-state index >= 15 is 0 Å². The van der Waals surface area contributed by atoms with Crippen LogP contribution >= 0.6 is 0 Å². The zero-order valence-corrected chi connectivity index (χ0v) is 11.3. The number of rotatable bonds is 2. The molecule has 4 nitrogen and oxygen atoms in total. The summed E-state index contributed by atoms with van der Waals surface area (Å²) in [5, 5.41) is 0. The van der Waals surface area contributed by atoms with Crippen molar-refractivity contribution >= 4 is 11.6 Å². The van der Waals surface area contributed by atoms with Crippen molar-refractivity contribution in [3.63, 3.8) is 0 Å². The summed E-state index contributed by atoms with van der Waals surface area (Å²) >= 11 is 0. The first-order valence-electron chi connectivity index (χ1n) is 6.49. The Morgan fingerprint density at radius 1 is 1.10 bits per heavy atom. The minimum absolute atomic E-state index is 0.0578. The molecule has 3 rings (SSSR count). The van der Waals surface area contributed by atoms with E-state index in [2.05, 4.69) is 12.1 Å². The molecule has 0 fully saturated rings. The molecule has 1 amide bonds. The number of carbonyl (C=O) groups excluding carboxylic acids is 1. The van der Waals surface area contributed by atoms with Crippen LogP contribution in [0.25, 0.3) is 0 Å². The standard InChI is InChI=1S/C16H16N2O2/c1-20-14-8-4-7-13(15(14)17)16(19)18-9-11-5-2-3-6-12(11)10-18/h2-8H,9-10,17H2,1H3. The lowest BCUT2D eigenvalue weighted by Crippen LogP contribution is -2.26. The van der Waals surface area contributed by atoms with Crippen LogP contribution in [-0.2, 0) is 13.1 Å². The van der Waals surface area contributed by atoms with Crippen LogP contribution in [0.1, 0.15) is 21.5 Å². The smallest absolute Gasteiger partial charge is 0.256 e. The van der Waals surface area contributed by atoms with Crippen LogP contribution in [0.5, 0.6) is 5.75 Å². The minimum Gasteiger partial charge on any atom is -0.495 e. The van der Waals surface area contributed by atoms with Gasteiger partial charge in [-0.2, -0.15) is 0 Å². The number of hydrogen-bond acceptors (Lipinski definition) is 3. The lowest BCUT2D eigenvalue weighted by Gasteiger charge is -2.17. The van der Waals surface area contributed by atoms with Crippen molar-refractivity contribution < 1.29 is 9.53 Å². The highest BCUT2D eigenvalue weighted by atomic mass is 16.5. The van der Waals surface area contributed by atoms with Crippen LogP contribution in [0, 0.1) is 0 Å². The SMILES string of the molecule is COc1cccc(C(=O)N2Cc3ccccc3C2)c1N. The van der Waals surface area contributed by atoms with Crippen LogP contribution in [0.3, 0.4) is 0 Å². The molecule has 1 aliphatic rings. The van der Waals surface area contributed by atoms with Gasteiger partial charge in [-0.3, -0.25) is 4.79 Å². The first kappa shape index (κ1) is 12.5. The Balaban J connectivity index is 1.89. The summed E-state index contributed by atoms with van der Waals surface area (Å²) in [4.78, 5) is 14.4. The molecule has 0 atom stereocenters. The molecule has 0 saturated carbocycles. The summed E-state index contributed by atoms with van der Waals surface area (Å²) < 4.78 is 5.16. The summed E-state index contributed by atoms with van der Waals surface area (Å²) in [6.07, 6.45) is 0. The minimum atomic E-state index is -0.0578. The van der Waals surface area contributed by atoms with Crippen molar-refractivity contribution in [2.45, 2.75) is 13.1 Å². The molecular weight excluding hydrogens is 252 g/mol. The van der Waals surface area contributed by atoms with Crippen molar-refractivity contribution in [3.8, 4) is 5.75 Å². The average molecular weight is 268 g/mol. The van der Waals surface area contributed by atoms with Crippen LogP contribution in [0.2, 0.25) is 0 Å². The Morgan fingerprint density at radius 3 is 2.35 bits per heavy atom. The van der Waals surface area contributed by atoms with Gasteiger partial charge in [-0.15, -0.1) is 0 Å². The van der Waals surface area contributed by atoms with Gasteiger partial charge < -0.3 is 15.4 Å². The zero-order chi connectivity index (χ0) is 14.1. The van der Waals surface area contributed by atoms with Gasteiger partial charge in [0, 0.05) is 13.1 Å². The quantitative estimate of drug-likeness (QED) is 0.851. The molecule has 0 aliphatic carbocycles. The molecule has 102 valence electrons. The first-order valence-corrected chi connectivity index (χ1v) is 6.49. The molecule has 1 heterocycles. The molecule has 0 bridgehead atoms. The largest absolute Gasteiger partial charge is 0.495 e. The second kappa shape index (κ2) is 4.89. The molecule has 0 radical (unpaired) electrons. The van der Waals surface area contributed by atoms with Crippen molar-refractivity contribution in [2.75, 3.05) is 12.8 Å². The molecule has 0 unspecified atom stereocenters. The molecule has 2 aromatic rings. The number of amides is 1. The molecule has 4 heteroatoms. The van der Waals surface area contributed by atoms with E-state index in [-0.39, 0.29) is 5.91 Å². The van der Waals surface area contributed by atoms with Crippen LogP contribution in [0.15, 0.2) is 42.5 Å². The highest BCUT2D eigenvalue weighted by Gasteiger charge is 2.25. The number of anilines is 1. The maximum atomic E-state index is 12.6. The Hall–Kier alpha value is -2.49. The van der Waals surface area contributed by atoms with E-state index in [0.29, 0.717) is 30.1 Å². The predicted octanol–water partition coefficient (Wildman–Crippen LogP) is 2.43. The third-order valence-corrected chi connectivity index (χ3v) is 3.64. The number of methoxy groups -OCH3 is 1. The fraction of sp³-hybridized carbons (Fsp3) is 0.188. The number of nitrogen functional groups attached to an aromatic ring is 1. The summed E-state index contributed by atoms with van der Waals surface area (Å²) in [5.41, 5.74) is 9.28. The van der Waals surface area contributed by atoms with Crippen molar-refractivity contribution in [2.24, 2.45) is 0 Å². The molecular formula is C16H16N2O2. The van der Waals surface area contributed by atoms with Crippen molar-refractivity contribution in [1.82, 2.24) is 4.90 Å². The zero-order valence-electron chi connectivity index (χ0n) is 11.3. The van der Waals surface area contributed by atoms with E-state index < -0.39 is 0 Å². The number of hydrogen-bond donors (Lipinski definition) is 1. The van der Waals surface area contributed by atoms with Crippen molar-refractivity contribution in [3.05, 3.63) is 59.2 Å². The lowest BCUT2D eigenvalue weighted by molar-refractivity contribution is 0.0752. The first-order chi connectivity index (χ1) is 9.70. The fourth-order valence-electron chi connectivity index (χ4n) is 2.56. The van der Waals surface area contributed by atoms with Crippen molar-refractivity contribution in [1.29, 1.82) is 0 Å². The molecule has 1 aliphatic heterocycles. The number of nitrogens with zero attached hydrogens (tertiary/aromatic N) is 1. The maximum absolute atomic E-state index is 12.6. The Bertz CT molecular complexity index is 642. The molecule has 2 aromatic carbocycles. The summed E-state index contributed by atoms with van der Waals surface area (Å²) in [6.45, 7) is 1.26. The Kier molecular flexibility index (Phi) is 3.06. The van der Waals surface area contributed by atoms with Crippen LogP contribution in [-0.4, -0.2) is 17.9 Å². The van der Waals surface area contributed by atoms with E-state index in [1.54, 1.807) is 30.2 Å². The molecule has 2 N–H and O–H groups in total. The highest BCUT2D eigenvalue weighted by Crippen LogP contribution is 2.29. The summed E-state index contributed by atoms with van der Waals surface area (Å²) in [5.74, 6) is 0.477. The normalized spacial score (nSPS) is 13.2. The van der Waals surface area contributed by atoms with Gasteiger partial charge in [0.1, 0.15) is 5.75 Å². The summed E-state index contributed by atoms with van der Waals surface area (Å²) in [7, 11) is 1.55. The number of fused-ring (bicyclic) bond motifs is 1. The average Bonchev–Trinajstić information content (AvgIpc) is 2.90. The van der Waals surface area contributed by atoms with E-state index in [1.165, 1.54) is 11.1 Å². The Morgan fingerprint density at radius 2 is 1.75 bits per heavy atom.